The zero-order valence-corrected chi connectivity index (χ0v) is 12.1. The van der Waals surface area contributed by atoms with Gasteiger partial charge in [-0.05, 0) is 6.42 Å². The Balaban J connectivity index is 2.46. The highest BCUT2D eigenvalue weighted by atomic mass is 19.4. The van der Waals surface area contributed by atoms with Crippen molar-refractivity contribution in [3.63, 3.8) is 0 Å². The monoisotopic (exact) mass is 297 g/mol. The SMILES string of the molecule is CN=C(NCC(O)C(F)(F)F)NC1CC(OC)C1(C)C. The Labute approximate surface area is 116 Å². The fourth-order valence-electron chi connectivity index (χ4n) is 2.20. The van der Waals surface area contributed by atoms with Gasteiger partial charge in [0.2, 0.25) is 0 Å². The number of guanidine groups is 1. The van der Waals surface area contributed by atoms with Crippen LogP contribution in [0.15, 0.2) is 4.99 Å². The second kappa shape index (κ2) is 6.17. The van der Waals surface area contributed by atoms with Crippen LogP contribution in [-0.4, -0.2) is 56.2 Å². The Kier molecular flexibility index (Phi) is 5.26. The van der Waals surface area contributed by atoms with Gasteiger partial charge in [0, 0.05) is 25.6 Å². The van der Waals surface area contributed by atoms with Crippen molar-refractivity contribution in [2.24, 2.45) is 10.4 Å². The number of aliphatic imine (C=N–C) groups is 1. The number of alkyl halides is 3. The molecule has 1 fully saturated rings. The van der Waals surface area contributed by atoms with E-state index in [2.05, 4.69) is 15.6 Å². The molecule has 0 spiro atoms. The highest BCUT2D eigenvalue weighted by molar-refractivity contribution is 5.80. The molecule has 0 aliphatic heterocycles. The predicted molar refractivity (Wildman–Crippen MR) is 69.5 cm³/mol. The highest BCUT2D eigenvalue weighted by Crippen LogP contribution is 2.42. The predicted octanol–water partition coefficient (Wildman–Crippen LogP) is 0.888. The number of rotatable bonds is 4. The van der Waals surface area contributed by atoms with Crippen molar-refractivity contribution in [3.05, 3.63) is 0 Å². The Bertz CT molecular complexity index is 358. The van der Waals surface area contributed by atoms with Crippen LogP contribution in [-0.2, 0) is 4.74 Å². The van der Waals surface area contributed by atoms with Crippen LogP contribution in [0.4, 0.5) is 13.2 Å². The minimum Gasteiger partial charge on any atom is -0.382 e. The third-order valence-corrected chi connectivity index (χ3v) is 3.84. The number of nitrogens with zero attached hydrogens (tertiary/aromatic N) is 1. The smallest absolute Gasteiger partial charge is 0.382 e. The number of halogens is 3. The maximum absolute atomic E-state index is 12.2. The molecular weight excluding hydrogens is 275 g/mol. The Morgan fingerprint density at radius 2 is 2.10 bits per heavy atom. The summed E-state index contributed by atoms with van der Waals surface area (Å²) in [6.07, 6.45) is -6.18. The van der Waals surface area contributed by atoms with Crippen molar-refractivity contribution < 1.29 is 23.0 Å². The summed E-state index contributed by atoms with van der Waals surface area (Å²) in [5.41, 5.74) is -0.130. The van der Waals surface area contributed by atoms with Gasteiger partial charge in [-0.1, -0.05) is 13.8 Å². The van der Waals surface area contributed by atoms with Crippen LogP contribution in [0, 0.1) is 5.41 Å². The minimum absolute atomic E-state index is 0.0571. The molecule has 1 aliphatic carbocycles. The molecule has 118 valence electrons. The second-order valence-corrected chi connectivity index (χ2v) is 5.49. The summed E-state index contributed by atoms with van der Waals surface area (Å²) in [5.74, 6) is 0.237. The number of nitrogens with one attached hydrogen (secondary N) is 2. The van der Waals surface area contributed by atoms with Crippen molar-refractivity contribution in [1.82, 2.24) is 10.6 Å². The lowest BCUT2D eigenvalue weighted by atomic mass is 9.64. The van der Waals surface area contributed by atoms with Gasteiger partial charge < -0.3 is 20.5 Å². The molecule has 1 rings (SSSR count). The van der Waals surface area contributed by atoms with Gasteiger partial charge >= 0.3 is 6.18 Å². The molecule has 0 aromatic rings. The van der Waals surface area contributed by atoms with E-state index in [1.54, 1.807) is 7.11 Å². The maximum atomic E-state index is 12.2. The van der Waals surface area contributed by atoms with Gasteiger partial charge in [-0.3, -0.25) is 4.99 Å². The van der Waals surface area contributed by atoms with Gasteiger partial charge in [-0.15, -0.1) is 0 Å². The number of aliphatic hydroxyl groups excluding tert-OH is 1. The van der Waals surface area contributed by atoms with Crippen molar-refractivity contribution in [2.45, 2.75) is 44.7 Å². The first kappa shape index (κ1) is 17.0. The summed E-state index contributed by atoms with van der Waals surface area (Å²) in [6, 6.07) is 0.0571. The Hall–Kier alpha value is -1.02. The maximum Gasteiger partial charge on any atom is 0.416 e. The normalized spacial score (nSPS) is 27.7. The van der Waals surface area contributed by atoms with Gasteiger partial charge in [-0.2, -0.15) is 13.2 Å². The van der Waals surface area contributed by atoms with Crippen LogP contribution in [0.2, 0.25) is 0 Å². The molecule has 0 aromatic heterocycles. The first-order valence-corrected chi connectivity index (χ1v) is 6.37. The summed E-state index contributed by atoms with van der Waals surface area (Å²) in [7, 11) is 3.10. The molecule has 3 atom stereocenters. The second-order valence-electron chi connectivity index (χ2n) is 5.49. The average Bonchev–Trinajstić information content (AvgIpc) is 2.35. The highest BCUT2D eigenvalue weighted by Gasteiger charge is 2.49. The molecule has 3 unspecified atom stereocenters. The van der Waals surface area contributed by atoms with E-state index in [-0.39, 0.29) is 23.5 Å². The van der Waals surface area contributed by atoms with Crippen LogP contribution in [0.5, 0.6) is 0 Å². The molecule has 1 aliphatic rings. The van der Waals surface area contributed by atoms with Gasteiger partial charge in [-0.25, -0.2) is 0 Å². The van der Waals surface area contributed by atoms with E-state index in [1.165, 1.54) is 7.05 Å². The molecule has 1 saturated carbocycles. The van der Waals surface area contributed by atoms with Crippen LogP contribution < -0.4 is 10.6 Å². The summed E-state index contributed by atoms with van der Waals surface area (Å²) < 4.78 is 41.9. The molecule has 0 heterocycles. The lowest BCUT2D eigenvalue weighted by Gasteiger charge is -2.51. The van der Waals surface area contributed by atoms with Crippen molar-refractivity contribution >= 4 is 5.96 Å². The Morgan fingerprint density at radius 1 is 1.50 bits per heavy atom. The van der Waals surface area contributed by atoms with E-state index < -0.39 is 18.8 Å². The fraction of sp³-hybridized carbons (Fsp3) is 0.917. The first-order chi connectivity index (χ1) is 9.12. The molecule has 0 bridgehead atoms. The van der Waals surface area contributed by atoms with E-state index in [0.717, 1.165) is 6.42 Å². The summed E-state index contributed by atoms with van der Waals surface area (Å²) in [5, 5.41) is 14.4. The van der Waals surface area contributed by atoms with E-state index in [9.17, 15) is 13.2 Å². The van der Waals surface area contributed by atoms with Crippen LogP contribution in [0.1, 0.15) is 20.3 Å². The number of hydrogen-bond acceptors (Lipinski definition) is 3. The van der Waals surface area contributed by atoms with Crippen molar-refractivity contribution in [3.8, 4) is 0 Å². The largest absolute Gasteiger partial charge is 0.416 e. The number of hydrogen-bond donors (Lipinski definition) is 3. The molecular formula is C12H22F3N3O2. The van der Waals surface area contributed by atoms with E-state index in [1.807, 2.05) is 13.8 Å². The topological polar surface area (TPSA) is 65.9 Å². The zero-order valence-electron chi connectivity index (χ0n) is 12.1. The molecule has 0 saturated heterocycles. The molecule has 20 heavy (non-hydrogen) atoms. The van der Waals surface area contributed by atoms with Crippen molar-refractivity contribution in [2.75, 3.05) is 20.7 Å². The average molecular weight is 297 g/mol. The molecule has 5 nitrogen and oxygen atoms in total. The lowest BCUT2D eigenvalue weighted by molar-refractivity contribution is -0.201. The van der Waals surface area contributed by atoms with E-state index in [4.69, 9.17) is 9.84 Å². The van der Waals surface area contributed by atoms with Crippen LogP contribution >= 0.6 is 0 Å². The van der Waals surface area contributed by atoms with Gasteiger partial charge in [0.25, 0.3) is 0 Å². The molecule has 8 heteroatoms. The third kappa shape index (κ3) is 3.76. The van der Waals surface area contributed by atoms with Gasteiger partial charge in [0.1, 0.15) is 0 Å². The number of methoxy groups -OCH3 is 1. The standard InChI is InChI=1S/C12H22F3N3O2/c1-11(2)7(5-9(11)20-4)18-10(16-3)17-6-8(19)12(13,14)15/h7-9,19H,5-6H2,1-4H3,(H2,16,17,18). The van der Waals surface area contributed by atoms with E-state index in [0.29, 0.717) is 0 Å². The quantitative estimate of drug-likeness (QED) is 0.532. The zero-order chi connectivity index (χ0) is 15.6. The van der Waals surface area contributed by atoms with Gasteiger partial charge in [0.05, 0.1) is 12.6 Å². The fourth-order valence-corrected chi connectivity index (χ4v) is 2.20. The summed E-state index contributed by atoms with van der Waals surface area (Å²) in [4.78, 5) is 3.86. The molecule has 3 N–H and O–H groups in total. The van der Waals surface area contributed by atoms with Crippen LogP contribution in [0.25, 0.3) is 0 Å². The summed E-state index contributed by atoms with van der Waals surface area (Å²) >= 11 is 0. The number of aliphatic hydroxyl groups is 1. The molecule has 0 radical (unpaired) electrons. The lowest BCUT2D eigenvalue weighted by Crippen LogP contribution is -2.63. The van der Waals surface area contributed by atoms with E-state index >= 15 is 0 Å². The third-order valence-electron chi connectivity index (χ3n) is 3.84. The summed E-state index contributed by atoms with van der Waals surface area (Å²) in [6.45, 7) is 3.39. The number of ether oxygens (including phenoxy) is 1. The minimum atomic E-state index is -4.64. The molecule has 0 amide bonds. The molecule has 0 aromatic carbocycles. The van der Waals surface area contributed by atoms with Crippen LogP contribution in [0.3, 0.4) is 0 Å². The first-order valence-electron chi connectivity index (χ1n) is 6.37. The van der Waals surface area contributed by atoms with Gasteiger partial charge in [0.15, 0.2) is 12.1 Å². The Morgan fingerprint density at radius 3 is 2.50 bits per heavy atom. The van der Waals surface area contributed by atoms with Crippen molar-refractivity contribution in [1.29, 1.82) is 0 Å².